The minimum Gasteiger partial charge on any atom is -0.383 e. The summed E-state index contributed by atoms with van der Waals surface area (Å²) in [6, 6.07) is 0. The van der Waals surface area contributed by atoms with Crippen LogP contribution in [-0.4, -0.2) is 39.6 Å². The van der Waals surface area contributed by atoms with Crippen LogP contribution in [0.4, 0.5) is 5.82 Å². The molecule has 3 heterocycles. The molecule has 26 heavy (non-hydrogen) atoms. The molecule has 2 saturated heterocycles. The molecule has 146 valence electrons. The fourth-order valence-corrected chi connectivity index (χ4v) is 3.97. The highest BCUT2D eigenvalue weighted by molar-refractivity contribution is 5.35. The second-order valence-corrected chi connectivity index (χ2v) is 9.74. The molecule has 0 saturated carbocycles. The lowest BCUT2D eigenvalue weighted by Crippen LogP contribution is -2.47. The van der Waals surface area contributed by atoms with Gasteiger partial charge in [0.05, 0.1) is 12.2 Å². The van der Waals surface area contributed by atoms with Crippen LogP contribution < -0.4 is 11.4 Å². The largest absolute Gasteiger partial charge is 0.383 e. The van der Waals surface area contributed by atoms with E-state index in [-0.39, 0.29) is 29.0 Å². The maximum atomic E-state index is 12.4. The smallest absolute Gasteiger partial charge is 0.351 e. The number of nitrogen functional groups attached to an aromatic ring is 1. The van der Waals surface area contributed by atoms with E-state index in [1.165, 1.54) is 4.57 Å². The maximum absolute atomic E-state index is 12.4. The van der Waals surface area contributed by atoms with Crippen molar-refractivity contribution in [3.63, 3.8) is 0 Å². The second-order valence-electron chi connectivity index (χ2n) is 9.74. The third-order valence-electron chi connectivity index (χ3n) is 4.73. The Morgan fingerprint density at radius 2 is 2.00 bits per heavy atom. The zero-order valence-corrected chi connectivity index (χ0v) is 16.8. The predicted molar refractivity (Wildman–Crippen MR) is 98.9 cm³/mol. The molecule has 1 unspecified atom stereocenters. The quantitative estimate of drug-likeness (QED) is 0.885. The van der Waals surface area contributed by atoms with Gasteiger partial charge in [0.15, 0.2) is 6.23 Å². The van der Waals surface area contributed by atoms with Crippen molar-refractivity contribution in [1.82, 2.24) is 9.55 Å². The minimum absolute atomic E-state index is 0.0207. The highest BCUT2D eigenvalue weighted by atomic mass is 16.7. The topological polar surface area (TPSA) is 88.6 Å². The van der Waals surface area contributed by atoms with Crippen LogP contribution in [0.1, 0.15) is 59.8 Å². The fourth-order valence-electron chi connectivity index (χ4n) is 3.97. The van der Waals surface area contributed by atoms with Crippen LogP contribution in [0, 0.1) is 12.3 Å². The molecule has 0 radical (unpaired) electrons. The predicted octanol–water partition coefficient (Wildman–Crippen LogP) is 2.42. The summed E-state index contributed by atoms with van der Waals surface area (Å²) in [5.41, 5.74) is 5.14. The van der Waals surface area contributed by atoms with Gasteiger partial charge in [0, 0.05) is 11.8 Å². The van der Waals surface area contributed by atoms with E-state index in [4.69, 9.17) is 19.9 Å². The van der Waals surface area contributed by atoms with Gasteiger partial charge in [-0.3, -0.25) is 4.57 Å². The van der Waals surface area contributed by atoms with Gasteiger partial charge in [-0.25, -0.2) is 4.79 Å². The first-order chi connectivity index (χ1) is 11.8. The Balaban J connectivity index is 2.01. The summed E-state index contributed by atoms with van der Waals surface area (Å²) in [4.78, 5) is 16.3. The van der Waals surface area contributed by atoms with Gasteiger partial charge in [0.1, 0.15) is 23.6 Å². The van der Waals surface area contributed by atoms with Crippen molar-refractivity contribution in [1.29, 1.82) is 0 Å². The monoisotopic (exact) mass is 365 g/mol. The summed E-state index contributed by atoms with van der Waals surface area (Å²) in [5.74, 6) is 0.238. The Hall–Kier alpha value is -1.44. The van der Waals surface area contributed by atoms with E-state index in [1.807, 2.05) is 27.7 Å². The van der Waals surface area contributed by atoms with Crippen LogP contribution in [0.3, 0.4) is 0 Å². The number of nitrogens with two attached hydrogens (primary N) is 1. The van der Waals surface area contributed by atoms with E-state index >= 15 is 0 Å². The number of anilines is 1. The Morgan fingerprint density at radius 3 is 2.58 bits per heavy atom. The number of nitrogens with zero attached hydrogens (tertiary/aromatic N) is 2. The van der Waals surface area contributed by atoms with E-state index in [2.05, 4.69) is 25.8 Å². The molecular weight excluding hydrogens is 334 g/mol. The van der Waals surface area contributed by atoms with Gasteiger partial charge in [-0.2, -0.15) is 4.98 Å². The molecule has 7 nitrogen and oxygen atoms in total. The molecule has 0 aromatic carbocycles. The number of ether oxygens (including phenoxy) is 3. The van der Waals surface area contributed by atoms with Crippen LogP contribution in [0.15, 0.2) is 11.0 Å². The second kappa shape index (κ2) is 6.04. The van der Waals surface area contributed by atoms with Gasteiger partial charge in [-0.05, 0) is 39.5 Å². The first kappa shape index (κ1) is 19.3. The summed E-state index contributed by atoms with van der Waals surface area (Å²) in [6.45, 7) is 14.8. The molecule has 7 heteroatoms. The third-order valence-corrected chi connectivity index (χ3v) is 4.73. The molecule has 2 bridgehead atoms. The maximum Gasteiger partial charge on any atom is 0.351 e. The van der Waals surface area contributed by atoms with Crippen molar-refractivity contribution in [2.75, 3.05) is 12.3 Å². The van der Waals surface area contributed by atoms with Gasteiger partial charge < -0.3 is 19.9 Å². The Morgan fingerprint density at radius 1 is 1.35 bits per heavy atom. The lowest BCUT2D eigenvalue weighted by Gasteiger charge is -2.38. The number of fused-ring (bicyclic) bond motifs is 2. The van der Waals surface area contributed by atoms with E-state index in [1.54, 1.807) is 6.20 Å². The van der Waals surface area contributed by atoms with Crippen LogP contribution in [0.2, 0.25) is 0 Å². The summed E-state index contributed by atoms with van der Waals surface area (Å²) in [5, 5.41) is 0. The molecule has 1 aromatic heterocycles. The summed E-state index contributed by atoms with van der Waals surface area (Å²) < 4.78 is 20.4. The lowest BCUT2D eigenvalue weighted by atomic mass is 9.80. The van der Waals surface area contributed by atoms with Crippen molar-refractivity contribution in [2.45, 2.75) is 84.5 Å². The van der Waals surface area contributed by atoms with Crippen LogP contribution in [0.25, 0.3) is 0 Å². The van der Waals surface area contributed by atoms with Crippen LogP contribution >= 0.6 is 0 Å². The van der Waals surface area contributed by atoms with Crippen molar-refractivity contribution < 1.29 is 14.2 Å². The Labute approximate surface area is 154 Å². The van der Waals surface area contributed by atoms with Gasteiger partial charge in [-0.1, -0.05) is 20.8 Å². The zero-order valence-electron chi connectivity index (χ0n) is 16.8. The molecule has 2 aliphatic rings. The minimum atomic E-state index is -0.588. The molecule has 4 atom stereocenters. The highest BCUT2D eigenvalue weighted by Gasteiger charge is 2.64. The van der Waals surface area contributed by atoms with Crippen LogP contribution in [0.5, 0.6) is 0 Å². The molecule has 1 aromatic rings. The number of rotatable bonds is 3. The lowest BCUT2D eigenvalue weighted by molar-refractivity contribution is -0.189. The van der Waals surface area contributed by atoms with Crippen molar-refractivity contribution in [3.05, 3.63) is 22.2 Å². The molecular formula is C19H31N3O4. The van der Waals surface area contributed by atoms with Gasteiger partial charge in [0.2, 0.25) is 0 Å². The number of aryl methyl sites for hydroxylation is 1. The molecule has 2 aliphatic heterocycles. The first-order valence-electron chi connectivity index (χ1n) is 9.14. The SMILES string of the molecule is Cc1cn([C@@H]2O[C@@]3(CC(C)(C)C)CO[C@H]2C3OC(C)(C)C)c(=O)nc1N. The normalized spacial score (nSPS) is 31.6. The number of aromatic nitrogens is 2. The molecule has 0 aliphatic carbocycles. The van der Waals surface area contributed by atoms with E-state index in [0.29, 0.717) is 6.61 Å². The van der Waals surface area contributed by atoms with E-state index < -0.39 is 17.5 Å². The van der Waals surface area contributed by atoms with Gasteiger partial charge >= 0.3 is 5.69 Å². The zero-order chi connectivity index (χ0) is 19.5. The molecule has 0 spiro atoms. The molecule has 3 rings (SSSR count). The van der Waals surface area contributed by atoms with Crippen molar-refractivity contribution in [3.8, 4) is 0 Å². The standard InChI is InChI=1S/C19H31N3O4/c1-11-8-22(16(23)21-14(11)20)15-12-13(25-18(5,6)7)19(26-15,10-24-12)9-17(2,3)4/h8,12-13,15H,9-10H2,1-7H3,(H2,20,21,23)/t12-,13?,15+,19-/m0/s1. The molecule has 2 N–H and O–H groups in total. The van der Waals surface area contributed by atoms with Crippen molar-refractivity contribution >= 4 is 5.82 Å². The summed E-state index contributed by atoms with van der Waals surface area (Å²) in [6.07, 6.45) is 1.27. The number of hydrogen-bond donors (Lipinski definition) is 1. The Bertz CT molecular complexity index is 747. The first-order valence-corrected chi connectivity index (χ1v) is 9.14. The third kappa shape index (κ3) is 3.52. The Kier molecular flexibility index (Phi) is 4.49. The summed E-state index contributed by atoms with van der Waals surface area (Å²) >= 11 is 0. The average molecular weight is 365 g/mol. The van der Waals surface area contributed by atoms with Gasteiger partial charge in [0.25, 0.3) is 0 Å². The van der Waals surface area contributed by atoms with E-state index in [0.717, 1.165) is 12.0 Å². The van der Waals surface area contributed by atoms with Gasteiger partial charge in [-0.15, -0.1) is 0 Å². The highest BCUT2D eigenvalue weighted by Crippen LogP contribution is 2.51. The fraction of sp³-hybridized carbons (Fsp3) is 0.789. The van der Waals surface area contributed by atoms with Crippen LogP contribution in [-0.2, 0) is 14.2 Å². The number of hydrogen-bond acceptors (Lipinski definition) is 6. The molecule has 0 amide bonds. The summed E-state index contributed by atoms with van der Waals surface area (Å²) in [7, 11) is 0. The molecule has 2 fully saturated rings. The van der Waals surface area contributed by atoms with E-state index in [9.17, 15) is 4.79 Å². The average Bonchev–Trinajstić information content (AvgIpc) is 2.90. The van der Waals surface area contributed by atoms with Crippen molar-refractivity contribution in [2.24, 2.45) is 5.41 Å².